The summed E-state index contributed by atoms with van der Waals surface area (Å²) in [6.07, 6.45) is 6.12. The van der Waals surface area contributed by atoms with E-state index in [1.807, 2.05) is 0 Å². The van der Waals surface area contributed by atoms with Crippen LogP contribution in [0.1, 0.15) is 57.1 Å². The highest BCUT2D eigenvalue weighted by Gasteiger charge is 2.74. The van der Waals surface area contributed by atoms with E-state index in [2.05, 4.69) is 17.9 Å². The highest BCUT2D eigenvalue weighted by atomic mass is 16.5. The summed E-state index contributed by atoms with van der Waals surface area (Å²) in [5, 5.41) is 10.7. The van der Waals surface area contributed by atoms with E-state index in [1.54, 1.807) is 20.1 Å². The molecule has 3 aliphatic carbocycles. The van der Waals surface area contributed by atoms with Crippen LogP contribution in [0, 0.1) is 17.3 Å². The molecule has 3 fully saturated rings. The second kappa shape index (κ2) is 6.23. The summed E-state index contributed by atoms with van der Waals surface area (Å²) in [7, 11) is 1.71. The van der Waals surface area contributed by atoms with E-state index in [1.165, 1.54) is 30.5 Å². The van der Waals surface area contributed by atoms with Gasteiger partial charge in [-0.25, -0.2) is 0 Å². The first-order chi connectivity index (χ1) is 14.5. The Morgan fingerprint density at radius 2 is 2.17 bits per heavy atom. The Bertz CT molecular complexity index is 911. The van der Waals surface area contributed by atoms with Gasteiger partial charge < -0.3 is 14.6 Å². The molecule has 1 unspecified atom stereocenters. The molecule has 0 amide bonds. The minimum absolute atomic E-state index is 0.0256. The average molecular weight is 412 g/mol. The quantitative estimate of drug-likeness (QED) is 0.804. The van der Waals surface area contributed by atoms with Gasteiger partial charge in [0.25, 0.3) is 0 Å². The van der Waals surface area contributed by atoms with Gasteiger partial charge in [-0.1, -0.05) is 13.0 Å². The van der Waals surface area contributed by atoms with Crippen molar-refractivity contribution >= 4 is 5.78 Å². The number of phenolic OH excluding ortho intramolecular Hbond substituents is 1. The fourth-order valence-electron chi connectivity index (χ4n) is 8.06. The molecule has 6 rings (SSSR count). The summed E-state index contributed by atoms with van der Waals surface area (Å²) in [5.74, 6) is 1.78. The molecular weight excluding hydrogens is 378 g/mol. The predicted molar refractivity (Wildman–Crippen MR) is 113 cm³/mol. The summed E-state index contributed by atoms with van der Waals surface area (Å²) in [6, 6.07) is 4.34. The second-order valence-electron chi connectivity index (χ2n) is 10.5. The minimum Gasteiger partial charge on any atom is -0.504 e. The summed E-state index contributed by atoms with van der Waals surface area (Å²) >= 11 is 0. The van der Waals surface area contributed by atoms with Gasteiger partial charge >= 0.3 is 0 Å². The molecule has 1 N–H and O–H groups in total. The molecule has 2 heterocycles. The van der Waals surface area contributed by atoms with Gasteiger partial charge in [-0.05, 0) is 69.5 Å². The molecule has 2 bridgehead atoms. The molecule has 30 heavy (non-hydrogen) atoms. The molecule has 1 spiro atoms. The Balaban J connectivity index is 1.59. The van der Waals surface area contributed by atoms with Gasteiger partial charge in [-0.15, -0.1) is 0 Å². The molecule has 0 aromatic heterocycles. The number of methoxy groups -OCH3 is 1. The van der Waals surface area contributed by atoms with E-state index in [0.29, 0.717) is 11.8 Å². The summed E-state index contributed by atoms with van der Waals surface area (Å²) < 4.78 is 12.6. The van der Waals surface area contributed by atoms with Crippen molar-refractivity contribution in [3.63, 3.8) is 0 Å². The van der Waals surface area contributed by atoms with Gasteiger partial charge in [0.1, 0.15) is 18.0 Å². The van der Waals surface area contributed by atoms with Crippen LogP contribution in [0.5, 0.6) is 11.5 Å². The lowest BCUT2D eigenvalue weighted by atomic mass is 9.41. The van der Waals surface area contributed by atoms with Crippen molar-refractivity contribution in [1.29, 1.82) is 0 Å². The Labute approximate surface area is 178 Å². The monoisotopic (exact) mass is 411 g/mol. The van der Waals surface area contributed by atoms with Crippen LogP contribution in [-0.2, 0) is 21.4 Å². The van der Waals surface area contributed by atoms with Crippen LogP contribution < -0.4 is 4.74 Å². The fraction of sp³-hybridized carbons (Fsp3) is 0.720. The number of piperidine rings is 1. The molecule has 162 valence electrons. The molecule has 0 radical (unpaired) electrons. The summed E-state index contributed by atoms with van der Waals surface area (Å²) in [6.45, 7) is 6.28. The molecule has 5 nitrogen and oxygen atoms in total. The van der Waals surface area contributed by atoms with E-state index in [-0.39, 0.29) is 40.5 Å². The number of hydrogen-bond donors (Lipinski definition) is 1. The van der Waals surface area contributed by atoms with Crippen LogP contribution in [0.15, 0.2) is 12.1 Å². The standard InChI is InChI=1S/C25H33NO4/c1-4-24-12-17(14(2)27)21(29-3)23-25(24)9-10-26(13-15-5-6-15)19(24)11-16-7-8-18(28)22(30-23)20(16)25/h7-8,15,17,19,21,23,28H,4-6,9-13H2,1-3H3/t17-,19-,21?,23+,24-,25+/m1/s1. The van der Waals surface area contributed by atoms with Crippen molar-refractivity contribution < 1.29 is 19.4 Å². The van der Waals surface area contributed by atoms with Crippen LogP contribution in [0.3, 0.4) is 0 Å². The van der Waals surface area contributed by atoms with Gasteiger partial charge in [-0.3, -0.25) is 9.69 Å². The number of phenols is 1. The third kappa shape index (κ3) is 2.13. The van der Waals surface area contributed by atoms with Gasteiger partial charge in [-0.2, -0.15) is 0 Å². The number of likely N-dealkylation sites (tertiary alicyclic amines) is 1. The summed E-state index contributed by atoms with van der Waals surface area (Å²) in [4.78, 5) is 15.6. The van der Waals surface area contributed by atoms with Crippen LogP contribution >= 0.6 is 0 Å². The van der Waals surface area contributed by atoms with Crippen LogP contribution in [-0.4, -0.2) is 54.2 Å². The first kappa shape index (κ1) is 19.1. The predicted octanol–water partition coefficient (Wildman–Crippen LogP) is 3.45. The van der Waals surface area contributed by atoms with Gasteiger partial charge in [0.2, 0.25) is 0 Å². The molecular formula is C25H33NO4. The van der Waals surface area contributed by atoms with Gasteiger partial charge in [0.05, 0.1) is 0 Å². The number of hydrogen-bond acceptors (Lipinski definition) is 5. The molecule has 6 atom stereocenters. The van der Waals surface area contributed by atoms with Crippen LogP contribution in [0.2, 0.25) is 0 Å². The zero-order valence-corrected chi connectivity index (χ0v) is 18.3. The number of carbonyl (C=O) groups is 1. The number of Topliss-reactive ketones (excluding diaryl/α,β-unsaturated/α-hetero) is 1. The summed E-state index contributed by atoms with van der Waals surface area (Å²) in [5.41, 5.74) is 2.36. The topological polar surface area (TPSA) is 59.0 Å². The third-order valence-electron chi connectivity index (χ3n) is 9.47. The largest absolute Gasteiger partial charge is 0.504 e. The third-order valence-corrected chi connectivity index (χ3v) is 9.47. The number of rotatable bonds is 5. The molecule has 2 aliphatic heterocycles. The highest BCUT2D eigenvalue weighted by molar-refractivity contribution is 5.80. The van der Waals surface area contributed by atoms with Crippen LogP contribution in [0.4, 0.5) is 0 Å². The van der Waals surface area contributed by atoms with E-state index in [9.17, 15) is 9.90 Å². The lowest BCUT2D eigenvalue weighted by Gasteiger charge is -2.67. The smallest absolute Gasteiger partial charge is 0.165 e. The van der Waals surface area contributed by atoms with Crippen LogP contribution in [0.25, 0.3) is 0 Å². The molecule has 2 saturated carbocycles. The van der Waals surface area contributed by atoms with Crippen molar-refractivity contribution in [1.82, 2.24) is 4.90 Å². The maximum absolute atomic E-state index is 12.8. The second-order valence-corrected chi connectivity index (χ2v) is 10.5. The Hall–Kier alpha value is -1.59. The lowest BCUT2D eigenvalue weighted by Crippen LogP contribution is -2.75. The van der Waals surface area contributed by atoms with E-state index in [0.717, 1.165) is 38.1 Å². The zero-order chi connectivity index (χ0) is 20.8. The fourth-order valence-corrected chi connectivity index (χ4v) is 8.06. The molecule has 5 aliphatic rings. The number of aromatic hydroxyl groups is 1. The Morgan fingerprint density at radius 1 is 1.37 bits per heavy atom. The van der Waals surface area contributed by atoms with Gasteiger partial charge in [0, 0.05) is 42.0 Å². The molecule has 1 aromatic carbocycles. The number of ketones is 1. The normalized spacial score (nSPS) is 41.3. The average Bonchev–Trinajstić information content (AvgIpc) is 3.48. The van der Waals surface area contributed by atoms with Crippen molar-refractivity contribution in [2.24, 2.45) is 17.3 Å². The maximum atomic E-state index is 12.8. The molecule has 5 heteroatoms. The Kier molecular flexibility index (Phi) is 3.97. The van der Waals surface area contributed by atoms with E-state index in [4.69, 9.17) is 9.47 Å². The Morgan fingerprint density at radius 3 is 2.83 bits per heavy atom. The van der Waals surface area contributed by atoms with Crippen molar-refractivity contribution in [3.8, 4) is 11.5 Å². The van der Waals surface area contributed by atoms with E-state index < -0.39 is 0 Å². The lowest BCUT2D eigenvalue weighted by molar-refractivity contribution is -0.192. The van der Waals surface area contributed by atoms with Crippen molar-refractivity contribution in [2.45, 2.75) is 76.0 Å². The van der Waals surface area contributed by atoms with Crippen molar-refractivity contribution in [2.75, 3.05) is 20.2 Å². The number of benzene rings is 1. The van der Waals surface area contributed by atoms with E-state index >= 15 is 0 Å². The number of nitrogens with zero attached hydrogens (tertiary/aromatic N) is 1. The first-order valence-electron chi connectivity index (χ1n) is 11.8. The first-order valence-corrected chi connectivity index (χ1v) is 11.8. The minimum atomic E-state index is -0.268. The zero-order valence-electron chi connectivity index (χ0n) is 18.3. The molecule has 1 saturated heterocycles. The SMILES string of the molecule is CC[C@]12C[C@H](C(C)=O)C(OC)[C@@H]3Oc4c(O)ccc5c4[C@@]31CCN(CC1CC1)[C@@H]2C5. The number of carbonyl (C=O) groups excluding carboxylic acids is 1. The number of ether oxygens (including phenoxy) is 2. The van der Waals surface area contributed by atoms with Crippen molar-refractivity contribution in [3.05, 3.63) is 23.3 Å². The highest BCUT2D eigenvalue weighted by Crippen LogP contribution is 2.71. The molecule has 1 aromatic rings. The van der Waals surface area contributed by atoms with Gasteiger partial charge in [0.15, 0.2) is 11.5 Å². The maximum Gasteiger partial charge on any atom is 0.165 e.